The number of hydrogen-bond acceptors (Lipinski definition) is 4. The number of pyridine rings is 1. The van der Waals surface area contributed by atoms with Crippen LogP contribution in [0.5, 0.6) is 0 Å². The molecule has 2 N–H and O–H groups in total. The van der Waals surface area contributed by atoms with E-state index in [0.717, 1.165) is 5.69 Å². The van der Waals surface area contributed by atoms with Crippen molar-refractivity contribution in [3.63, 3.8) is 0 Å². The summed E-state index contributed by atoms with van der Waals surface area (Å²) in [6.07, 6.45) is 3.35. The number of halogens is 1. The monoisotopic (exact) mass is 279 g/mol. The van der Waals surface area contributed by atoms with E-state index in [0.29, 0.717) is 29.6 Å². The quantitative estimate of drug-likeness (QED) is 0.826. The number of H-pyrrole nitrogens is 1. The fourth-order valence-corrected chi connectivity index (χ4v) is 1.80. The van der Waals surface area contributed by atoms with Crippen molar-refractivity contribution >= 4 is 23.3 Å². The van der Waals surface area contributed by atoms with Gasteiger partial charge in [0.2, 0.25) is 0 Å². The van der Waals surface area contributed by atoms with Gasteiger partial charge >= 0.3 is 5.97 Å². The highest BCUT2D eigenvalue weighted by atomic mass is 35.5. The lowest BCUT2D eigenvalue weighted by Crippen LogP contribution is -2.09. The minimum absolute atomic E-state index is 0.337. The number of nitrogens with zero attached hydrogens (tertiary/aromatic N) is 1. The summed E-state index contributed by atoms with van der Waals surface area (Å²) in [5, 5.41) is 3.70. The van der Waals surface area contributed by atoms with Gasteiger partial charge in [0.1, 0.15) is 5.69 Å². The molecule has 0 aromatic carbocycles. The van der Waals surface area contributed by atoms with Gasteiger partial charge in [-0.25, -0.2) is 4.79 Å². The number of aromatic amines is 1. The third-order valence-electron chi connectivity index (χ3n) is 2.51. The second-order valence-corrected chi connectivity index (χ2v) is 4.18. The highest BCUT2D eigenvalue weighted by Crippen LogP contribution is 2.18. The Balaban J connectivity index is 2.06. The molecule has 0 aliphatic carbocycles. The maximum absolute atomic E-state index is 11.7. The molecule has 0 atom stereocenters. The molecule has 0 fully saturated rings. The first kappa shape index (κ1) is 13.4. The topological polar surface area (TPSA) is 67.0 Å². The summed E-state index contributed by atoms with van der Waals surface area (Å²) in [6, 6.07) is 5.31. The molecule has 0 aliphatic heterocycles. The first-order chi connectivity index (χ1) is 9.22. The molecule has 0 saturated carbocycles. The van der Waals surface area contributed by atoms with E-state index < -0.39 is 0 Å². The molecule has 2 heterocycles. The highest BCUT2D eigenvalue weighted by Gasteiger charge is 2.13. The SMILES string of the molecule is CCOC(=O)c1[nH]ccc1NCc1ncccc1Cl. The Kier molecular flexibility index (Phi) is 4.41. The normalized spacial score (nSPS) is 10.2. The molecule has 0 amide bonds. The number of hydrogen-bond donors (Lipinski definition) is 2. The summed E-state index contributed by atoms with van der Waals surface area (Å²) >= 11 is 6.01. The Morgan fingerprint density at radius 1 is 1.53 bits per heavy atom. The third-order valence-corrected chi connectivity index (χ3v) is 2.85. The van der Waals surface area contributed by atoms with Crippen LogP contribution >= 0.6 is 11.6 Å². The smallest absolute Gasteiger partial charge is 0.356 e. The van der Waals surface area contributed by atoms with Crippen LogP contribution in [0.4, 0.5) is 5.69 Å². The first-order valence-corrected chi connectivity index (χ1v) is 6.28. The van der Waals surface area contributed by atoms with Crippen LogP contribution in [-0.2, 0) is 11.3 Å². The van der Waals surface area contributed by atoms with Crippen LogP contribution in [0.3, 0.4) is 0 Å². The van der Waals surface area contributed by atoms with Gasteiger partial charge in [-0.1, -0.05) is 11.6 Å². The van der Waals surface area contributed by atoms with Gasteiger partial charge in [0.05, 0.1) is 29.6 Å². The number of ether oxygens (including phenoxy) is 1. The largest absolute Gasteiger partial charge is 0.461 e. The van der Waals surface area contributed by atoms with E-state index >= 15 is 0 Å². The Bertz CT molecular complexity index is 569. The fourth-order valence-electron chi connectivity index (χ4n) is 1.62. The van der Waals surface area contributed by atoms with Crippen LogP contribution in [0.1, 0.15) is 23.1 Å². The summed E-state index contributed by atoms with van der Waals surface area (Å²) in [7, 11) is 0. The molecular weight excluding hydrogens is 266 g/mol. The molecule has 0 unspecified atom stereocenters. The molecule has 100 valence electrons. The first-order valence-electron chi connectivity index (χ1n) is 5.90. The Labute approximate surface area is 116 Å². The molecular formula is C13H14ClN3O2. The average molecular weight is 280 g/mol. The number of carbonyl (C=O) groups is 1. The summed E-state index contributed by atoms with van der Waals surface area (Å²) in [6.45, 7) is 2.54. The maximum Gasteiger partial charge on any atom is 0.356 e. The lowest BCUT2D eigenvalue weighted by molar-refractivity contribution is 0.0521. The third kappa shape index (κ3) is 3.26. The minimum atomic E-state index is -0.387. The maximum atomic E-state index is 11.7. The van der Waals surface area contributed by atoms with Gasteiger partial charge < -0.3 is 15.0 Å². The van der Waals surface area contributed by atoms with Crippen LogP contribution in [0, 0.1) is 0 Å². The van der Waals surface area contributed by atoms with Crippen molar-refractivity contribution in [2.75, 3.05) is 11.9 Å². The lowest BCUT2D eigenvalue weighted by atomic mass is 10.3. The molecule has 0 spiro atoms. The predicted octanol–water partition coefficient (Wildman–Crippen LogP) is 2.85. The van der Waals surface area contributed by atoms with Crippen LogP contribution < -0.4 is 5.32 Å². The minimum Gasteiger partial charge on any atom is -0.461 e. The van der Waals surface area contributed by atoms with Gasteiger partial charge in [-0.3, -0.25) is 4.98 Å². The van der Waals surface area contributed by atoms with Crippen LogP contribution in [0.15, 0.2) is 30.6 Å². The molecule has 6 heteroatoms. The second-order valence-electron chi connectivity index (χ2n) is 3.77. The van der Waals surface area contributed by atoms with Crippen molar-refractivity contribution in [3.05, 3.63) is 47.0 Å². The van der Waals surface area contributed by atoms with Gasteiger partial charge in [-0.2, -0.15) is 0 Å². The van der Waals surface area contributed by atoms with Crippen molar-refractivity contribution in [2.24, 2.45) is 0 Å². The highest BCUT2D eigenvalue weighted by molar-refractivity contribution is 6.31. The molecule has 19 heavy (non-hydrogen) atoms. The van der Waals surface area contributed by atoms with Crippen molar-refractivity contribution < 1.29 is 9.53 Å². The standard InChI is InChI=1S/C13H14ClN3O2/c1-2-19-13(18)12-10(5-7-16-12)17-8-11-9(14)4-3-6-15-11/h3-7,16-17H,2,8H2,1H3. The molecule has 2 aromatic heterocycles. The summed E-state index contributed by atoms with van der Waals surface area (Å²) in [5.41, 5.74) is 1.79. The molecule has 0 saturated heterocycles. The van der Waals surface area contributed by atoms with Gasteiger partial charge in [0.15, 0.2) is 0 Å². The summed E-state index contributed by atoms with van der Waals surface area (Å²) < 4.78 is 4.95. The number of anilines is 1. The molecule has 2 aromatic rings. The number of rotatable bonds is 5. The Morgan fingerprint density at radius 3 is 3.11 bits per heavy atom. The van der Waals surface area contributed by atoms with Crippen molar-refractivity contribution in [1.82, 2.24) is 9.97 Å². The van der Waals surface area contributed by atoms with E-state index in [1.54, 1.807) is 37.5 Å². The van der Waals surface area contributed by atoms with Gasteiger partial charge in [0.25, 0.3) is 0 Å². The van der Waals surface area contributed by atoms with Crippen LogP contribution in [0.2, 0.25) is 5.02 Å². The van der Waals surface area contributed by atoms with E-state index in [1.807, 2.05) is 0 Å². The van der Waals surface area contributed by atoms with Crippen LogP contribution in [-0.4, -0.2) is 22.5 Å². The Hall–Kier alpha value is -2.01. The zero-order valence-electron chi connectivity index (χ0n) is 10.4. The van der Waals surface area contributed by atoms with Crippen molar-refractivity contribution in [1.29, 1.82) is 0 Å². The number of esters is 1. The van der Waals surface area contributed by atoms with E-state index in [2.05, 4.69) is 15.3 Å². The van der Waals surface area contributed by atoms with Gasteiger partial charge in [-0.05, 0) is 25.1 Å². The molecule has 2 rings (SSSR count). The molecule has 5 nitrogen and oxygen atoms in total. The number of nitrogens with one attached hydrogen (secondary N) is 2. The van der Waals surface area contributed by atoms with Gasteiger partial charge in [0, 0.05) is 12.4 Å². The van der Waals surface area contributed by atoms with Crippen LogP contribution in [0.25, 0.3) is 0 Å². The van der Waals surface area contributed by atoms with Crippen molar-refractivity contribution in [2.45, 2.75) is 13.5 Å². The van der Waals surface area contributed by atoms with E-state index in [4.69, 9.17) is 16.3 Å². The zero-order chi connectivity index (χ0) is 13.7. The van der Waals surface area contributed by atoms with E-state index in [-0.39, 0.29) is 5.97 Å². The number of carbonyl (C=O) groups excluding carboxylic acids is 1. The van der Waals surface area contributed by atoms with Gasteiger partial charge in [-0.15, -0.1) is 0 Å². The molecule has 0 radical (unpaired) electrons. The van der Waals surface area contributed by atoms with E-state index in [9.17, 15) is 4.79 Å². The predicted molar refractivity (Wildman–Crippen MR) is 73.3 cm³/mol. The Morgan fingerprint density at radius 2 is 2.37 bits per heavy atom. The second kappa shape index (κ2) is 6.24. The van der Waals surface area contributed by atoms with Crippen molar-refractivity contribution in [3.8, 4) is 0 Å². The summed E-state index contributed by atoms with van der Waals surface area (Å²) in [5.74, 6) is -0.387. The van der Waals surface area contributed by atoms with E-state index in [1.165, 1.54) is 0 Å². The molecule has 0 bridgehead atoms. The summed E-state index contributed by atoms with van der Waals surface area (Å²) in [4.78, 5) is 18.7. The fraction of sp³-hybridized carbons (Fsp3) is 0.231. The lowest BCUT2D eigenvalue weighted by Gasteiger charge is -2.07. The number of aromatic nitrogens is 2. The molecule has 0 aliphatic rings. The zero-order valence-corrected chi connectivity index (χ0v) is 11.2. The average Bonchev–Trinajstić information content (AvgIpc) is 2.86.